The third-order valence-electron chi connectivity index (χ3n) is 0.983. The Bertz CT molecular complexity index is 237. The second-order valence-corrected chi connectivity index (χ2v) is 1.64. The van der Waals surface area contributed by atoms with Gasteiger partial charge < -0.3 is 5.11 Å². The molecule has 10 heavy (non-hydrogen) atoms. The quantitative estimate of drug-likeness (QED) is 0.517. The van der Waals surface area contributed by atoms with Gasteiger partial charge in [-0.25, -0.2) is 0 Å². The molecule has 0 aromatic heterocycles. The molecule has 0 radical (unpaired) electrons. The van der Waals surface area contributed by atoms with Crippen LogP contribution >= 0.6 is 0 Å². The first-order valence-corrected chi connectivity index (χ1v) is 2.50. The number of nitriles is 1. The Morgan fingerprint density at radius 3 is 2.10 bits per heavy atom. The van der Waals surface area contributed by atoms with E-state index in [0.29, 0.717) is 5.56 Å². The van der Waals surface area contributed by atoms with E-state index in [9.17, 15) is 5.11 Å². The molecule has 2 nitrogen and oxygen atoms in total. The van der Waals surface area contributed by atoms with Crippen molar-refractivity contribution in [2.75, 3.05) is 0 Å². The van der Waals surface area contributed by atoms with E-state index in [1.165, 1.54) is 24.3 Å². The van der Waals surface area contributed by atoms with E-state index in [1.807, 2.05) is 6.07 Å². The zero-order valence-electron chi connectivity index (χ0n) is 5.66. The zero-order valence-corrected chi connectivity index (χ0v) is 11.9. The van der Waals surface area contributed by atoms with Crippen LogP contribution in [0.5, 0.6) is 5.75 Å². The van der Waals surface area contributed by atoms with Crippen LogP contribution in [0.3, 0.4) is 0 Å². The first-order valence-electron chi connectivity index (χ1n) is 2.50. The molecule has 0 spiro atoms. The van der Waals surface area contributed by atoms with Gasteiger partial charge in [-0.2, -0.15) is 5.26 Å². The van der Waals surface area contributed by atoms with Crippen molar-refractivity contribution in [1.29, 1.82) is 5.26 Å². The molecule has 0 N–H and O–H groups in total. The fourth-order valence-electron chi connectivity index (χ4n) is 0.529. The maximum atomic E-state index is 10.4. The zero-order chi connectivity index (χ0) is 6.69. The molecule has 0 aliphatic rings. The van der Waals surface area contributed by atoms with Gasteiger partial charge in [0.25, 0.3) is 0 Å². The topological polar surface area (TPSA) is 46.8 Å². The van der Waals surface area contributed by atoms with E-state index >= 15 is 0 Å². The molecule has 3 heteroatoms. The molecule has 0 aliphatic heterocycles. The summed E-state index contributed by atoms with van der Waals surface area (Å²) in [6.45, 7) is 0. The van der Waals surface area contributed by atoms with Gasteiger partial charge in [0.2, 0.25) is 0 Å². The molecule has 44 valence electrons. The Kier molecular flexibility index (Phi) is 5.54. The minimum Gasteiger partial charge on any atom is -0.872 e. The second kappa shape index (κ2) is 5.24. The number of hydrogen-bond acceptors (Lipinski definition) is 2. The molecule has 0 bridgehead atoms. The van der Waals surface area contributed by atoms with E-state index in [4.69, 9.17) is 5.26 Å². The number of hydrogen-bond donors (Lipinski definition) is 0. The van der Waals surface area contributed by atoms with Gasteiger partial charge >= 0.3 is 68.9 Å². The van der Waals surface area contributed by atoms with Gasteiger partial charge in [0, 0.05) is 0 Å². The van der Waals surface area contributed by atoms with Crippen molar-refractivity contribution in [2.45, 2.75) is 0 Å². The largest absolute Gasteiger partial charge is 1.00 e. The Balaban J connectivity index is 0.000000810. The van der Waals surface area contributed by atoms with E-state index in [0.717, 1.165) is 0 Å². The predicted molar refractivity (Wildman–Crippen MR) is 30.6 cm³/mol. The van der Waals surface area contributed by atoms with Gasteiger partial charge in [-0.3, -0.25) is 0 Å². The van der Waals surface area contributed by atoms with Gasteiger partial charge in [0.1, 0.15) is 0 Å². The minimum absolute atomic E-state index is 0. The smallest absolute Gasteiger partial charge is 0.872 e. The van der Waals surface area contributed by atoms with Crippen molar-refractivity contribution in [3.05, 3.63) is 29.8 Å². The van der Waals surface area contributed by atoms with E-state index in [2.05, 4.69) is 0 Å². The molecule has 0 unspecified atom stereocenters. The van der Waals surface area contributed by atoms with Crippen LogP contribution in [0, 0.1) is 11.3 Å². The Morgan fingerprint density at radius 2 is 1.70 bits per heavy atom. The second-order valence-electron chi connectivity index (χ2n) is 1.64. The number of benzene rings is 1. The monoisotopic (exact) mass is 251 g/mol. The maximum absolute atomic E-state index is 10.4. The van der Waals surface area contributed by atoms with Crippen LogP contribution in [0.1, 0.15) is 5.56 Å². The van der Waals surface area contributed by atoms with Gasteiger partial charge in [0.05, 0.1) is 11.6 Å². The molecule has 1 aromatic rings. The van der Waals surface area contributed by atoms with Crippen LogP contribution in [0.25, 0.3) is 0 Å². The van der Waals surface area contributed by atoms with Crippen molar-refractivity contribution in [3.63, 3.8) is 0 Å². The number of rotatable bonds is 0. The number of nitrogens with zero attached hydrogens (tertiary/aromatic N) is 1. The Morgan fingerprint density at radius 1 is 1.20 bits per heavy atom. The molecule has 0 atom stereocenters. The molecule has 0 fully saturated rings. The normalized spacial score (nSPS) is 7.50. The van der Waals surface area contributed by atoms with Crippen LogP contribution in [0.4, 0.5) is 0 Å². The van der Waals surface area contributed by atoms with Crippen molar-refractivity contribution < 1.29 is 74.0 Å². The van der Waals surface area contributed by atoms with Gasteiger partial charge in [0.15, 0.2) is 0 Å². The SMILES string of the molecule is N#Cc1ccc([O-])cc1.[Cs+]. The summed E-state index contributed by atoms with van der Waals surface area (Å²) in [5.41, 5.74) is 0.523. The Labute approximate surface area is 118 Å². The third kappa shape index (κ3) is 3.10. The minimum atomic E-state index is -0.0611. The van der Waals surface area contributed by atoms with E-state index in [1.54, 1.807) is 0 Å². The fraction of sp³-hybridized carbons (Fsp3) is 0. The molecule has 1 aromatic carbocycles. The molecule has 0 saturated carbocycles. The standard InChI is InChI=1S/C7H5NO.Cs/c8-5-6-1-3-7(9)4-2-6;/h1-4,9H;/q;+1/p-1. The molecule has 0 saturated heterocycles. The molecular weight excluding hydrogens is 247 g/mol. The Hall–Kier alpha value is 0.562. The summed E-state index contributed by atoms with van der Waals surface area (Å²) in [5.74, 6) is -0.0611. The summed E-state index contributed by atoms with van der Waals surface area (Å²) >= 11 is 0. The van der Waals surface area contributed by atoms with Gasteiger partial charge in [-0.05, 0) is 12.1 Å². The molecular formula is C7H4CsNO. The van der Waals surface area contributed by atoms with Crippen LogP contribution in [0.15, 0.2) is 24.3 Å². The predicted octanol–water partition coefficient (Wildman–Crippen LogP) is -2.36. The average molecular weight is 251 g/mol. The summed E-state index contributed by atoms with van der Waals surface area (Å²) < 4.78 is 0. The van der Waals surface area contributed by atoms with Crippen LogP contribution in [-0.4, -0.2) is 0 Å². The van der Waals surface area contributed by atoms with Gasteiger partial charge in [-0.15, -0.1) is 5.75 Å². The van der Waals surface area contributed by atoms with Crippen molar-refractivity contribution in [3.8, 4) is 11.8 Å². The summed E-state index contributed by atoms with van der Waals surface area (Å²) in [6.07, 6.45) is 0. The van der Waals surface area contributed by atoms with Crippen LogP contribution in [-0.2, 0) is 0 Å². The van der Waals surface area contributed by atoms with Crippen molar-refractivity contribution in [1.82, 2.24) is 0 Å². The van der Waals surface area contributed by atoms with Crippen molar-refractivity contribution >= 4 is 0 Å². The van der Waals surface area contributed by atoms with E-state index < -0.39 is 0 Å². The average Bonchev–Trinajstić information content (AvgIpc) is 1.90. The van der Waals surface area contributed by atoms with Crippen molar-refractivity contribution in [2.24, 2.45) is 0 Å². The summed E-state index contributed by atoms with van der Waals surface area (Å²) in [4.78, 5) is 0. The fourth-order valence-corrected chi connectivity index (χ4v) is 0.529. The van der Waals surface area contributed by atoms with Crippen LogP contribution in [0.2, 0.25) is 0 Å². The molecule has 0 amide bonds. The van der Waals surface area contributed by atoms with Gasteiger partial charge in [-0.1, -0.05) is 12.1 Å². The first kappa shape index (κ1) is 10.6. The van der Waals surface area contributed by atoms with E-state index in [-0.39, 0.29) is 74.6 Å². The molecule has 0 aliphatic carbocycles. The summed E-state index contributed by atoms with van der Waals surface area (Å²) in [7, 11) is 0. The third-order valence-corrected chi connectivity index (χ3v) is 0.983. The molecule has 0 heterocycles. The van der Waals surface area contributed by atoms with Crippen LogP contribution < -0.4 is 74.0 Å². The summed E-state index contributed by atoms with van der Waals surface area (Å²) in [5, 5.41) is 18.7. The molecule has 1 rings (SSSR count). The maximum Gasteiger partial charge on any atom is 1.00 e. The summed E-state index contributed by atoms with van der Waals surface area (Å²) in [6, 6.07) is 7.67. The first-order chi connectivity index (χ1) is 4.33.